The van der Waals surface area contributed by atoms with Gasteiger partial charge in [0.25, 0.3) is 11.8 Å². The Labute approximate surface area is 632 Å². The summed E-state index contributed by atoms with van der Waals surface area (Å²) in [6, 6.07) is 46.9. The van der Waals surface area contributed by atoms with E-state index in [2.05, 4.69) is 53.5 Å². The number of anilines is 2. The van der Waals surface area contributed by atoms with Crippen LogP contribution in [-0.4, -0.2) is 98.7 Å². The maximum Gasteiger partial charge on any atom is 0.264 e. The van der Waals surface area contributed by atoms with Crippen LogP contribution in [0.25, 0.3) is 22.3 Å². The molecule has 2 amide bonds. The van der Waals surface area contributed by atoms with E-state index >= 15 is 0 Å². The Bertz CT molecular complexity index is 4660. The Morgan fingerprint density at radius 3 is 1.30 bits per heavy atom. The van der Waals surface area contributed by atoms with Gasteiger partial charge in [0.2, 0.25) is 20.0 Å². The Hall–Kier alpha value is -8.36. The third kappa shape index (κ3) is 14.2. The summed E-state index contributed by atoms with van der Waals surface area (Å²) < 4.78 is 72.3. The summed E-state index contributed by atoms with van der Waals surface area (Å²) in [5.74, 6) is -0.758. The fraction of sp³-hybridized carbons (Fsp3) is 0.395. The topological polar surface area (TPSA) is 218 Å². The third-order valence-electron chi connectivity index (χ3n) is 24.9. The summed E-state index contributed by atoms with van der Waals surface area (Å²) in [5.41, 5.74) is 8.83. The molecular formula is C86H92Cl2N6O10S2. The van der Waals surface area contributed by atoms with Crippen molar-refractivity contribution in [3.8, 4) is 33.8 Å². The highest BCUT2D eigenvalue weighted by atomic mass is 35.5. The highest BCUT2D eigenvalue weighted by Gasteiger charge is 2.52. The molecule has 4 aliphatic carbocycles. The first-order valence-corrected chi connectivity index (χ1v) is 41.3. The number of pyridine rings is 2. The molecule has 0 saturated heterocycles. The fourth-order valence-electron chi connectivity index (χ4n) is 18.1. The summed E-state index contributed by atoms with van der Waals surface area (Å²) in [7, 11) is -8.05. The molecule has 12 atom stereocenters. The Balaban J connectivity index is 0.000000170. The number of hydrogen-bond acceptors (Lipinski definition) is 14. The molecule has 552 valence electrons. The van der Waals surface area contributed by atoms with Crippen LogP contribution in [0.1, 0.15) is 146 Å². The average molecular weight is 1500 g/mol. The zero-order chi connectivity index (χ0) is 73.9. The molecule has 106 heavy (non-hydrogen) atoms. The molecule has 8 aromatic rings. The Morgan fingerprint density at radius 2 is 0.906 bits per heavy atom. The van der Waals surface area contributed by atoms with Gasteiger partial charge in [0.05, 0.1) is 35.1 Å². The molecule has 16 rings (SSSR count). The number of carbonyl (C=O) groups excluding carboxylic acids is 2. The summed E-state index contributed by atoms with van der Waals surface area (Å²) in [6.07, 6.45) is 24.7. The second kappa shape index (κ2) is 29.3. The molecule has 2 spiro atoms. The quantitative estimate of drug-likeness (QED) is 0.121. The van der Waals surface area contributed by atoms with Crippen molar-refractivity contribution in [1.29, 1.82) is 0 Å². The number of hydrogen-bond donors (Lipinski definition) is 4. The first-order valence-electron chi connectivity index (χ1n) is 37.5. The molecule has 20 heteroatoms. The number of carbonyl (C=O) groups is 2. The van der Waals surface area contributed by atoms with Gasteiger partial charge in [-0.25, -0.2) is 26.3 Å². The second-order valence-corrected chi connectivity index (χ2v) is 36.3. The number of amides is 2. The number of aliphatic hydroxyl groups is 2. The molecule has 16 nitrogen and oxygen atoms in total. The van der Waals surface area contributed by atoms with Crippen LogP contribution in [0.5, 0.6) is 11.5 Å². The van der Waals surface area contributed by atoms with E-state index in [4.69, 9.17) is 32.7 Å². The van der Waals surface area contributed by atoms with Crippen LogP contribution in [0, 0.1) is 35.5 Å². The Morgan fingerprint density at radius 1 is 0.491 bits per heavy atom. The van der Waals surface area contributed by atoms with Crippen LogP contribution in [0.4, 0.5) is 11.4 Å². The standard InChI is InChI=1S/2C43H46ClN3O5S/c2*1-28-8-6-19-43(49,35-20-34(23-45-24-35)30-9-4-3-5-10-30)38-15-12-33(38)25-47-26-42(18-7-11-31-21-36(44)14-16-37(31)42)27-52-40-17-13-32(22-39(40)47)41(48)46-53(50,51)29(28)2/h2*3-6,9-10,13-14,16-17,19-24,28-29,33,38,49H,7-8,11-12,15,18,25-27H2,1-2H3,(H,46,48)/b2*19-6+/t28-,29+,33-,38+,42-,43+;28-,29+,33-,38+,42-,43-/m00/s1. The minimum Gasteiger partial charge on any atom is -0.490 e. The summed E-state index contributed by atoms with van der Waals surface area (Å²) >= 11 is 13.0. The molecule has 6 aromatic carbocycles. The molecule has 8 aliphatic rings. The lowest BCUT2D eigenvalue weighted by Crippen LogP contribution is -2.51. The maximum absolute atomic E-state index is 13.6. The minimum atomic E-state index is -4.02. The zero-order valence-electron chi connectivity index (χ0n) is 60.3. The third-order valence-corrected chi connectivity index (χ3v) is 29.2. The predicted molar refractivity (Wildman–Crippen MR) is 418 cm³/mol. The van der Waals surface area contributed by atoms with Crippen molar-refractivity contribution in [2.45, 2.75) is 137 Å². The van der Waals surface area contributed by atoms with Gasteiger partial charge in [-0.3, -0.25) is 19.6 Å². The lowest BCUT2D eigenvalue weighted by molar-refractivity contribution is -0.0504. The van der Waals surface area contributed by atoms with Gasteiger partial charge >= 0.3 is 0 Å². The van der Waals surface area contributed by atoms with E-state index in [1.165, 1.54) is 22.3 Å². The van der Waals surface area contributed by atoms with E-state index in [9.17, 15) is 36.6 Å². The SMILES string of the molecule is C[C@@H]1[C@@H](C)C/C=C/[C@@](O)(c2cncc(-c3ccccc3)c2)[C@@H]2CC[C@H]2CN2C[C@@]3(CCCc4cc(Cl)ccc43)COc3ccc(cc32)C(=O)NS1(=O)=O.C[C@@H]1[C@@H](C)C/C=C/[C@](O)(c2cncc(-c3ccccc3)c2)[C@@H]2CC[C@H]2CN2C[C@@]3(CCCc4cc(Cl)ccc43)COc3ccc(cc32)C(=O)NS1(=O)=O. The van der Waals surface area contributed by atoms with Crippen molar-refractivity contribution >= 4 is 66.4 Å². The van der Waals surface area contributed by atoms with Gasteiger partial charge in [-0.15, -0.1) is 0 Å². The van der Waals surface area contributed by atoms with Crippen molar-refractivity contribution in [1.82, 2.24) is 19.4 Å². The van der Waals surface area contributed by atoms with Gasteiger partial charge in [-0.2, -0.15) is 0 Å². The molecule has 2 aromatic heterocycles. The van der Waals surface area contributed by atoms with Gasteiger partial charge in [0.15, 0.2) is 0 Å². The summed E-state index contributed by atoms with van der Waals surface area (Å²) in [6.45, 7) is 10.4. The molecule has 0 unspecified atom stereocenters. The van der Waals surface area contributed by atoms with Crippen LogP contribution >= 0.6 is 23.2 Å². The van der Waals surface area contributed by atoms with Crippen molar-refractivity contribution in [2.75, 3.05) is 49.2 Å². The van der Waals surface area contributed by atoms with E-state index in [0.717, 1.165) is 97.8 Å². The van der Waals surface area contributed by atoms with Crippen molar-refractivity contribution in [3.05, 3.63) is 249 Å². The molecule has 4 bridgehead atoms. The fourth-order valence-corrected chi connectivity index (χ4v) is 21.0. The first-order chi connectivity index (χ1) is 50.9. The van der Waals surface area contributed by atoms with E-state index in [0.29, 0.717) is 84.9 Å². The number of allylic oxidation sites excluding steroid dienone is 2. The minimum absolute atomic E-state index is 0.100. The van der Waals surface area contributed by atoms with E-state index < -0.39 is 53.6 Å². The molecule has 0 radical (unpaired) electrons. The highest BCUT2D eigenvalue weighted by Crippen LogP contribution is 2.54. The lowest BCUT2D eigenvalue weighted by Gasteiger charge is -2.49. The summed E-state index contributed by atoms with van der Waals surface area (Å²) in [5, 5.41) is 25.6. The van der Waals surface area contributed by atoms with Crippen LogP contribution in [0.15, 0.2) is 195 Å². The van der Waals surface area contributed by atoms with E-state index in [-0.39, 0.29) is 57.5 Å². The molecule has 4 N–H and O–H groups in total. The first kappa shape index (κ1) is 73.2. The van der Waals surface area contributed by atoms with Gasteiger partial charge in [-0.1, -0.05) is 134 Å². The van der Waals surface area contributed by atoms with Crippen LogP contribution in [0.3, 0.4) is 0 Å². The lowest BCUT2D eigenvalue weighted by atomic mass is 9.62. The highest BCUT2D eigenvalue weighted by molar-refractivity contribution is 7.91. The maximum atomic E-state index is 13.6. The van der Waals surface area contributed by atoms with Crippen molar-refractivity contribution < 1.29 is 46.1 Å². The number of nitrogens with zero attached hydrogens (tertiary/aromatic N) is 4. The normalized spacial score (nSPS) is 30.1. The average Bonchev–Trinajstić information content (AvgIpc) is 1.71. The van der Waals surface area contributed by atoms with Crippen molar-refractivity contribution in [3.63, 3.8) is 0 Å². The molecule has 2 fully saturated rings. The molecular weight excluding hydrogens is 1410 g/mol. The molecule has 2 saturated carbocycles. The number of aromatic nitrogens is 2. The number of sulfonamides is 2. The largest absolute Gasteiger partial charge is 0.490 e. The number of ether oxygens (including phenoxy) is 2. The van der Waals surface area contributed by atoms with Crippen LogP contribution < -0.4 is 28.7 Å². The van der Waals surface area contributed by atoms with Crippen LogP contribution in [-0.2, 0) is 54.9 Å². The van der Waals surface area contributed by atoms with Gasteiger partial charge in [-0.05, 0) is 221 Å². The van der Waals surface area contributed by atoms with E-state index in [1.54, 1.807) is 62.6 Å². The smallest absolute Gasteiger partial charge is 0.264 e. The Kier molecular flexibility index (Phi) is 20.2. The zero-order valence-corrected chi connectivity index (χ0v) is 63.5. The van der Waals surface area contributed by atoms with Gasteiger partial charge in [0.1, 0.15) is 22.7 Å². The second-order valence-electron chi connectivity index (χ2n) is 31.4. The predicted octanol–water partition coefficient (Wildman–Crippen LogP) is 15.7. The molecule has 6 heterocycles. The monoisotopic (exact) mass is 1500 g/mol. The number of benzene rings is 6. The number of nitrogens with one attached hydrogen (secondary N) is 2. The van der Waals surface area contributed by atoms with E-state index in [1.807, 2.05) is 135 Å². The number of halogens is 2. The summed E-state index contributed by atoms with van der Waals surface area (Å²) in [4.78, 5) is 41.1. The van der Waals surface area contributed by atoms with Crippen molar-refractivity contribution in [2.24, 2.45) is 35.5 Å². The van der Waals surface area contributed by atoms with Gasteiger partial charge in [0, 0.05) is 117 Å². The number of fused-ring (bicyclic) bond motifs is 8. The van der Waals surface area contributed by atoms with Crippen LogP contribution in [0.2, 0.25) is 10.0 Å². The molecule has 4 aliphatic heterocycles. The number of rotatable bonds is 4. The van der Waals surface area contributed by atoms with Gasteiger partial charge < -0.3 is 29.5 Å². The number of aryl methyl sites for hydroxylation is 2.